The molecule has 0 fully saturated rings. The lowest BCUT2D eigenvalue weighted by Gasteiger charge is -2.11. The molecule has 0 aromatic carbocycles. The molecule has 0 aliphatic carbocycles. The fourth-order valence-corrected chi connectivity index (χ4v) is 1.83. The molecule has 0 saturated carbocycles. The largest absolute Gasteiger partial charge is 0.480 e. The first-order valence-corrected chi connectivity index (χ1v) is 5.72. The number of carbonyl (C=O) groups is 2. The summed E-state index contributed by atoms with van der Waals surface area (Å²) in [6, 6.07) is -0.862. The van der Waals surface area contributed by atoms with E-state index in [2.05, 4.69) is 14.9 Å². The number of aromatic nitrogens is 2. The third-order valence-electron chi connectivity index (χ3n) is 2.11. The topological polar surface area (TPSA) is 92.2 Å². The summed E-state index contributed by atoms with van der Waals surface area (Å²) in [4.78, 5) is 22.9. The van der Waals surface area contributed by atoms with Crippen LogP contribution >= 0.6 is 11.5 Å². The third-order valence-corrected chi connectivity index (χ3v) is 2.88. The summed E-state index contributed by atoms with van der Waals surface area (Å²) < 4.78 is 3.68. The van der Waals surface area contributed by atoms with Crippen LogP contribution in [0.25, 0.3) is 0 Å². The maximum Gasteiger partial charge on any atom is 0.326 e. The van der Waals surface area contributed by atoms with Crippen LogP contribution in [0.2, 0.25) is 0 Å². The molecule has 1 atom stereocenters. The van der Waals surface area contributed by atoms with Crippen LogP contribution in [-0.2, 0) is 11.2 Å². The molecule has 1 aromatic heterocycles. The van der Waals surface area contributed by atoms with Crippen LogP contribution in [-0.4, -0.2) is 32.6 Å². The van der Waals surface area contributed by atoms with E-state index in [9.17, 15) is 9.59 Å². The van der Waals surface area contributed by atoms with Gasteiger partial charge in [-0.25, -0.2) is 4.79 Å². The van der Waals surface area contributed by atoms with Crippen LogP contribution in [0.3, 0.4) is 0 Å². The molecule has 0 bridgehead atoms. The second kappa shape index (κ2) is 5.55. The molecule has 1 heterocycles. The number of aliphatic carboxylic acids is 1. The van der Waals surface area contributed by atoms with E-state index in [0.717, 1.165) is 11.5 Å². The van der Waals surface area contributed by atoms with Crippen molar-refractivity contribution >= 4 is 23.4 Å². The number of carboxylic acids is 1. The number of rotatable bonds is 5. The Hall–Kier alpha value is -1.50. The Morgan fingerprint density at radius 1 is 1.50 bits per heavy atom. The minimum Gasteiger partial charge on any atom is -0.480 e. The van der Waals surface area contributed by atoms with Crippen molar-refractivity contribution in [3.05, 3.63) is 10.6 Å². The Morgan fingerprint density at radius 2 is 2.19 bits per heavy atom. The van der Waals surface area contributed by atoms with E-state index >= 15 is 0 Å². The van der Waals surface area contributed by atoms with Gasteiger partial charge in [0, 0.05) is 0 Å². The molecule has 0 aliphatic heterocycles. The molecular weight excluding hydrogens is 230 g/mol. The number of nitrogens with one attached hydrogen (secondary N) is 1. The first-order chi connectivity index (χ1) is 7.60. The molecule has 1 unspecified atom stereocenters. The summed E-state index contributed by atoms with van der Waals surface area (Å²) >= 11 is 0.980. The highest BCUT2D eigenvalue weighted by Gasteiger charge is 2.21. The SMILES string of the molecule is CCc1nnsc1C(=O)NC(CC)C(=O)O. The summed E-state index contributed by atoms with van der Waals surface area (Å²) in [6.45, 7) is 3.56. The monoisotopic (exact) mass is 243 g/mol. The Balaban J connectivity index is 2.75. The average molecular weight is 243 g/mol. The number of aryl methyl sites for hydroxylation is 1. The van der Waals surface area contributed by atoms with Crippen molar-refractivity contribution in [2.75, 3.05) is 0 Å². The standard InChI is InChI=1S/C9H13N3O3S/c1-3-5-7(16-12-11-5)8(13)10-6(4-2)9(14)15/h6H,3-4H2,1-2H3,(H,10,13)(H,14,15). The average Bonchev–Trinajstić information content (AvgIpc) is 2.72. The number of carboxylic acid groups (broad SMARTS) is 1. The van der Waals surface area contributed by atoms with Gasteiger partial charge in [-0.15, -0.1) is 5.10 Å². The van der Waals surface area contributed by atoms with Crippen molar-refractivity contribution in [3.8, 4) is 0 Å². The number of amides is 1. The van der Waals surface area contributed by atoms with Gasteiger partial charge in [0.15, 0.2) is 0 Å². The highest BCUT2D eigenvalue weighted by molar-refractivity contribution is 7.08. The lowest BCUT2D eigenvalue weighted by molar-refractivity contribution is -0.139. The summed E-state index contributed by atoms with van der Waals surface area (Å²) in [5.41, 5.74) is 0.600. The minimum atomic E-state index is -1.04. The zero-order valence-electron chi connectivity index (χ0n) is 9.06. The molecule has 7 heteroatoms. The quantitative estimate of drug-likeness (QED) is 0.794. The predicted octanol–water partition coefficient (Wildman–Crippen LogP) is 0.694. The summed E-state index contributed by atoms with van der Waals surface area (Å²) in [6.07, 6.45) is 0.942. The molecule has 1 rings (SSSR count). The molecule has 1 amide bonds. The maximum atomic E-state index is 11.7. The van der Waals surface area contributed by atoms with E-state index in [4.69, 9.17) is 5.11 Å². The molecule has 2 N–H and O–H groups in total. The van der Waals surface area contributed by atoms with Crippen LogP contribution in [0.4, 0.5) is 0 Å². The first kappa shape index (κ1) is 12.6. The maximum absolute atomic E-state index is 11.7. The second-order valence-electron chi connectivity index (χ2n) is 3.17. The highest BCUT2D eigenvalue weighted by Crippen LogP contribution is 2.11. The van der Waals surface area contributed by atoms with Crippen molar-refractivity contribution in [2.24, 2.45) is 0 Å². The fourth-order valence-electron chi connectivity index (χ4n) is 1.17. The molecule has 0 radical (unpaired) electrons. The summed E-state index contributed by atoms with van der Waals surface area (Å²) in [7, 11) is 0. The smallest absolute Gasteiger partial charge is 0.326 e. The van der Waals surface area contributed by atoms with E-state index in [1.54, 1.807) is 6.92 Å². The number of hydrogen-bond donors (Lipinski definition) is 2. The van der Waals surface area contributed by atoms with Crippen molar-refractivity contribution in [3.63, 3.8) is 0 Å². The van der Waals surface area contributed by atoms with Crippen molar-refractivity contribution < 1.29 is 14.7 Å². The van der Waals surface area contributed by atoms with E-state index in [0.29, 0.717) is 23.4 Å². The molecule has 0 aliphatic rings. The lowest BCUT2D eigenvalue weighted by atomic mass is 10.2. The number of nitrogens with zero attached hydrogens (tertiary/aromatic N) is 2. The molecular formula is C9H13N3O3S. The van der Waals surface area contributed by atoms with Gasteiger partial charge in [0.2, 0.25) is 0 Å². The third kappa shape index (κ3) is 2.75. The fraction of sp³-hybridized carbons (Fsp3) is 0.556. The lowest BCUT2D eigenvalue weighted by Crippen LogP contribution is -2.40. The van der Waals surface area contributed by atoms with E-state index < -0.39 is 17.9 Å². The van der Waals surface area contributed by atoms with Gasteiger partial charge in [-0.1, -0.05) is 18.3 Å². The van der Waals surface area contributed by atoms with E-state index in [1.807, 2.05) is 6.92 Å². The van der Waals surface area contributed by atoms with Crippen LogP contribution in [0.5, 0.6) is 0 Å². The molecule has 0 saturated heterocycles. The Labute approximate surface area is 96.8 Å². The van der Waals surface area contributed by atoms with Crippen LogP contribution in [0.1, 0.15) is 35.6 Å². The number of hydrogen-bond acceptors (Lipinski definition) is 5. The van der Waals surface area contributed by atoms with Crippen molar-refractivity contribution in [1.29, 1.82) is 0 Å². The van der Waals surface area contributed by atoms with Gasteiger partial charge in [-0.05, 0) is 24.4 Å². The van der Waals surface area contributed by atoms with E-state index in [1.165, 1.54) is 0 Å². The van der Waals surface area contributed by atoms with Gasteiger partial charge >= 0.3 is 5.97 Å². The first-order valence-electron chi connectivity index (χ1n) is 4.95. The van der Waals surface area contributed by atoms with Gasteiger partial charge in [-0.2, -0.15) is 0 Å². The Morgan fingerprint density at radius 3 is 2.69 bits per heavy atom. The zero-order valence-corrected chi connectivity index (χ0v) is 9.87. The van der Waals surface area contributed by atoms with Gasteiger partial charge in [-0.3, -0.25) is 4.79 Å². The van der Waals surface area contributed by atoms with Gasteiger partial charge in [0.05, 0.1) is 5.69 Å². The van der Waals surface area contributed by atoms with Crippen molar-refractivity contribution in [2.45, 2.75) is 32.7 Å². The minimum absolute atomic E-state index is 0.342. The molecule has 1 aromatic rings. The van der Waals surface area contributed by atoms with Crippen LogP contribution in [0, 0.1) is 0 Å². The van der Waals surface area contributed by atoms with Crippen LogP contribution < -0.4 is 5.32 Å². The predicted molar refractivity (Wildman–Crippen MR) is 58.5 cm³/mol. The molecule has 0 spiro atoms. The normalized spacial score (nSPS) is 12.1. The van der Waals surface area contributed by atoms with E-state index in [-0.39, 0.29) is 0 Å². The zero-order chi connectivity index (χ0) is 12.1. The second-order valence-corrected chi connectivity index (χ2v) is 3.93. The summed E-state index contributed by atoms with van der Waals surface area (Å²) in [5.74, 6) is -1.45. The number of carbonyl (C=O) groups excluding carboxylic acids is 1. The highest BCUT2D eigenvalue weighted by atomic mass is 32.1. The van der Waals surface area contributed by atoms with Gasteiger partial charge in [0.25, 0.3) is 5.91 Å². The molecule has 6 nitrogen and oxygen atoms in total. The molecule has 88 valence electrons. The van der Waals surface area contributed by atoms with Crippen molar-refractivity contribution in [1.82, 2.24) is 14.9 Å². The van der Waals surface area contributed by atoms with Crippen LogP contribution in [0.15, 0.2) is 0 Å². The van der Waals surface area contributed by atoms with Gasteiger partial charge < -0.3 is 10.4 Å². The molecule has 16 heavy (non-hydrogen) atoms. The Kier molecular flexibility index (Phi) is 4.36. The Bertz CT molecular complexity index is 391. The van der Waals surface area contributed by atoms with Gasteiger partial charge in [0.1, 0.15) is 10.9 Å². The summed E-state index contributed by atoms with van der Waals surface area (Å²) in [5, 5.41) is 15.0.